The molecule has 3 saturated heterocycles. The molecule has 5 rings (SSSR count). The number of carbonyl (C=O) groups is 2. The monoisotopic (exact) mass is 408 g/mol. The average Bonchev–Trinajstić information content (AvgIpc) is 2.74. The molecule has 0 spiro atoms. The SMILES string of the molecule is O=C(CCCc1nc2ccccc2c(=O)[nH]1)N1C[C@H]2C[C@@H](C1)[C@@H]1CCCC(=O)N1C2. The van der Waals surface area contributed by atoms with Gasteiger partial charge in [-0.2, -0.15) is 0 Å². The minimum atomic E-state index is -0.127. The summed E-state index contributed by atoms with van der Waals surface area (Å²) in [6.45, 7) is 2.34. The van der Waals surface area contributed by atoms with Gasteiger partial charge in [-0.05, 0) is 49.7 Å². The summed E-state index contributed by atoms with van der Waals surface area (Å²) in [6, 6.07) is 7.63. The Labute approximate surface area is 175 Å². The van der Waals surface area contributed by atoms with Crippen LogP contribution in [0, 0.1) is 11.8 Å². The van der Waals surface area contributed by atoms with Crippen LogP contribution in [-0.4, -0.2) is 57.3 Å². The van der Waals surface area contributed by atoms with Crippen molar-refractivity contribution in [2.24, 2.45) is 11.8 Å². The van der Waals surface area contributed by atoms with E-state index in [-0.39, 0.29) is 11.5 Å². The van der Waals surface area contributed by atoms with Gasteiger partial charge < -0.3 is 14.8 Å². The van der Waals surface area contributed by atoms with Crippen LogP contribution in [0.3, 0.4) is 0 Å². The number of benzene rings is 1. The van der Waals surface area contributed by atoms with Crippen LogP contribution in [0.25, 0.3) is 10.9 Å². The number of aromatic amines is 1. The van der Waals surface area contributed by atoms with Gasteiger partial charge in [0.25, 0.3) is 5.56 Å². The maximum absolute atomic E-state index is 12.9. The van der Waals surface area contributed by atoms with Crippen molar-refractivity contribution in [1.29, 1.82) is 0 Å². The summed E-state index contributed by atoms with van der Waals surface area (Å²) in [5, 5.41) is 0.590. The second kappa shape index (κ2) is 7.85. The molecule has 158 valence electrons. The molecular formula is C23H28N4O3. The lowest BCUT2D eigenvalue weighted by Crippen LogP contribution is -2.61. The first-order valence-electron chi connectivity index (χ1n) is 11.1. The normalized spacial score (nSPS) is 26.0. The highest BCUT2D eigenvalue weighted by atomic mass is 16.2. The maximum atomic E-state index is 12.9. The molecule has 30 heavy (non-hydrogen) atoms. The number of rotatable bonds is 4. The number of aryl methyl sites for hydroxylation is 1. The second-order valence-corrected chi connectivity index (χ2v) is 9.05. The molecular weight excluding hydrogens is 380 g/mol. The highest BCUT2D eigenvalue weighted by molar-refractivity contribution is 5.78. The molecule has 3 atom stereocenters. The lowest BCUT2D eigenvalue weighted by molar-refractivity contribution is -0.148. The van der Waals surface area contributed by atoms with E-state index in [0.717, 1.165) is 38.9 Å². The Morgan fingerprint density at radius 2 is 2.03 bits per heavy atom. The van der Waals surface area contributed by atoms with Gasteiger partial charge in [-0.25, -0.2) is 4.98 Å². The number of H-pyrrole nitrogens is 1. The highest BCUT2D eigenvalue weighted by Crippen LogP contribution is 2.38. The van der Waals surface area contributed by atoms with E-state index in [1.807, 2.05) is 23.1 Å². The van der Waals surface area contributed by atoms with Crippen molar-refractivity contribution in [3.8, 4) is 0 Å². The number of fused-ring (bicyclic) bond motifs is 5. The predicted molar refractivity (Wildman–Crippen MR) is 113 cm³/mol. The number of aromatic nitrogens is 2. The van der Waals surface area contributed by atoms with Crippen molar-refractivity contribution in [3.63, 3.8) is 0 Å². The molecule has 3 aliphatic rings. The summed E-state index contributed by atoms with van der Waals surface area (Å²) in [5.41, 5.74) is 0.565. The number of carbonyl (C=O) groups excluding carboxylic acids is 2. The lowest BCUT2D eigenvalue weighted by Gasteiger charge is -2.52. The standard InChI is InChI=1S/C23H28N4O3/c28-21(9-4-8-20-24-18-6-2-1-5-17(18)23(30)25-20)26-12-15-11-16(14-26)19-7-3-10-22(29)27(19)13-15/h1-2,5-6,15-16,19H,3-4,7-14H2,(H,24,25,30)/t15-,16+,19+/m1/s1. The third-order valence-corrected chi connectivity index (χ3v) is 7.00. The predicted octanol–water partition coefficient (Wildman–Crippen LogP) is 2.11. The Balaban J connectivity index is 1.19. The number of hydrogen-bond acceptors (Lipinski definition) is 4. The molecule has 2 bridgehead atoms. The summed E-state index contributed by atoms with van der Waals surface area (Å²) in [7, 11) is 0. The molecule has 0 saturated carbocycles. The topological polar surface area (TPSA) is 86.4 Å². The van der Waals surface area contributed by atoms with E-state index in [1.54, 1.807) is 6.07 Å². The molecule has 1 N–H and O–H groups in total. The van der Waals surface area contributed by atoms with E-state index >= 15 is 0 Å². The summed E-state index contributed by atoms with van der Waals surface area (Å²) < 4.78 is 0. The first-order valence-corrected chi connectivity index (χ1v) is 11.1. The molecule has 3 aliphatic heterocycles. The number of amides is 2. The van der Waals surface area contributed by atoms with Crippen molar-refractivity contribution in [2.45, 2.75) is 51.0 Å². The number of likely N-dealkylation sites (tertiary alicyclic amines) is 1. The lowest BCUT2D eigenvalue weighted by atomic mass is 9.76. The van der Waals surface area contributed by atoms with Crippen LogP contribution in [0.5, 0.6) is 0 Å². The molecule has 1 aromatic carbocycles. The summed E-state index contributed by atoms with van der Waals surface area (Å²) in [4.78, 5) is 48.8. The van der Waals surface area contributed by atoms with E-state index in [0.29, 0.717) is 66.2 Å². The van der Waals surface area contributed by atoms with Crippen LogP contribution in [-0.2, 0) is 16.0 Å². The largest absolute Gasteiger partial charge is 0.342 e. The van der Waals surface area contributed by atoms with Crippen LogP contribution in [0.1, 0.15) is 44.3 Å². The number of piperidine rings is 3. The van der Waals surface area contributed by atoms with Gasteiger partial charge >= 0.3 is 0 Å². The fourth-order valence-electron chi connectivity index (χ4n) is 5.63. The van der Waals surface area contributed by atoms with Gasteiger partial charge in [-0.1, -0.05) is 12.1 Å². The summed E-state index contributed by atoms with van der Waals surface area (Å²) in [5.74, 6) is 1.95. The van der Waals surface area contributed by atoms with Gasteiger partial charge in [0.1, 0.15) is 5.82 Å². The Kier molecular flexibility index (Phi) is 5.05. The molecule has 0 radical (unpaired) electrons. The van der Waals surface area contributed by atoms with Crippen LogP contribution in [0.4, 0.5) is 0 Å². The Morgan fingerprint density at radius 1 is 1.17 bits per heavy atom. The van der Waals surface area contributed by atoms with E-state index in [1.165, 1.54) is 0 Å². The van der Waals surface area contributed by atoms with Crippen LogP contribution in [0.2, 0.25) is 0 Å². The number of nitrogens with zero attached hydrogens (tertiary/aromatic N) is 3. The first kappa shape index (κ1) is 19.3. The van der Waals surface area contributed by atoms with Crippen molar-refractivity contribution >= 4 is 22.7 Å². The quantitative estimate of drug-likeness (QED) is 0.840. The number of hydrogen-bond donors (Lipinski definition) is 1. The molecule has 4 heterocycles. The summed E-state index contributed by atoms with van der Waals surface area (Å²) >= 11 is 0. The average molecular weight is 409 g/mol. The second-order valence-electron chi connectivity index (χ2n) is 9.05. The zero-order chi connectivity index (χ0) is 20.7. The van der Waals surface area contributed by atoms with Gasteiger partial charge in [-0.3, -0.25) is 14.4 Å². The van der Waals surface area contributed by atoms with Crippen molar-refractivity contribution in [3.05, 3.63) is 40.4 Å². The molecule has 7 nitrogen and oxygen atoms in total. The molecule has 3 fully saturated rings. The number of para-hydroxylation sites is 1. The van der Waals surface area contributed by atoms with E-state index in [4.69, 9.17) is 0 Å². The third-order valence-electron chi connectivity index (χ3n) is 7.00. The minimum absolute atomic E-state index is 0.127. The van der Waals surface area contributed by atoms with Gasteiger partial charge in [-0.15, -0.1) is 0 Å². The van der Waals surface area contributed by atoms with Gasteiger partial charge in [0.2, 0.25) is 11.8 Å². The van der Waals surface area contributed by atoms with Crippen LogP contribution >= 0.6 is 0 Å². The molecule has 2 aromatic rings. The van der Waals surface area contributed by atoms with Crippen LogP contribution < -0.4 is 5.56 Å². The highest BCUT2D eigenvalue weighted by Gasteiger charge is 2.44. The zero-order valence-electron chi connectivity index (χ0n) is 17.2. The Morgan fingerprint density at radius 3 is 2.93 bits per heavy atom. The third kappa shape index (κ3) is 3.61. The zero-order valence-corrected chi connectivity index (χ0v) is 17.2. The molecule has 0 unspecified atom stereocenters. The van der Waals surface area contributed by atoms with Gasteiger partial charge in [0, 0.05) is 44.9 Å². The van der Waals surface area contributed by atoms with Crippen molar-refractivity contribution in [2.75, 3.05) is 19.6 Å². The van der Waals surface area contributed by atoms with Crippen molar-refractivity contribution in [1.82, 2.24) is 19.8 Å². The molecule has 2 amide bonds. The van der Waals surface area contributed by atoms with Gasteiger partial charge in [0.05, 0.1) is 10.9 Å². The first-order chi connectivity index (χ1) is 14.6. The van der Waals surface area contributed by atoms with Crippen molar-refractivity contribution < 1.29 is 9.59 Å². The maximum Gasteiger partial charge on any atom is 0.258 e. The Bertz CT molecular complexity index is 1030. The van der Waals surface area contributed by atoms with E-state index < -0.39 is 0 Å². The number of nitrogens with one attached hydrogen (secondary N) is 1. The molecule has 1 aromatic heterocycles. The summed E-state index contributed by atoms with van der Waals surface area (Å²) in [6.07, 6.45) is 5.59. The smallest absolute Gasteiger partial charge is 0.258 e. The fraction of sp³-hybridized carbons (Fsp3) is 0.565. The Hall–Kier alpha value is -2.70. The molecule has 0 aliphatic carbocycles. The fourth-order valence-corrected chi connectivity index (χ4v) is 5.63. The minimum Gasteiger partial charge on any atom is -0.342 e. The van der Waals surface area contributed by atoms with Gasteiger partial charge in [0.15, 0.2) is 0 Å². The van der Waals surface area contributed by atoms with Crippen LogP contribution in [0.15, 0.2) is 29.1 Å². The van der Waals surface area contributed by atoms with E-state index in [9.17, 15) is 14.4 Å². The molecule has 7 heteroatoms. The van der Waals surface area contributed by atoms with E-state index in [2.05, 4.69) is 14.9 Å².